The maximum Gasteiger partial charge on any atom is 0.0345 e. The molecule has 0 N–H and O–H groups in total. The molecule has 0 amide bonds. The molecule has 0 radical (unpaired) electrons. The predicted octanol–water partition coefficient (Wildman–Crippen LogP) is 22.3. The van der Waals surface area contributed by atoms with Crippen LogP contribution in [0.15, 0.2) is 266 Å². The van der Waals surface area contributed by atoms with Gasteiger partial charge in [-0.2, -0.15) is 0 Å². The molecule has 6 aliphatic carbocycles. The first-order valence-electron chi connectivity index (χ1n) is 30.0. The molecule has 0 heteroatoms. The van der Waals surface area contributed by atoms with Crippen LogP contribution in [-0.4, -0.2) is 0 Å². The third-order valence-electron chi connectivity index (χ3n) is 20.4. The largest absolute Gasteiger partial charge is 0.0759 e. The van der Waals surface area contributed by atoms with Crippen LogP contribution in [0.25, 0.3) is 139 Å². The number of hydrogen-bond acceptors (Lipinski definition) is 0. The fraction of sp³-hybridized carbons (Fsp3) is 0.0952. The van der Waals surface area contributed by atoms with Gasteiger partial charge in [0.05, 0.1) is 0 Å². The van der Waals surface area contributed by atoms with E-state index in [-0.39, 0.29) is 10.8 Å². The molecule has 0 fully saturated rings. The van der Waals surface area contributed by atoms with Gasteiger partial charge < -0.3 is 0 Å². The summed E-state index contributed by atoms with van der Waals surface area (Å²) < 4.78 is 0. The molecule has 1 atom stereocenters. The van der Waals surface area contributed by atoms with E-state index in [2.05, 4.69) is 289 Å². The lowest BCUT2D eigenvalue weighted by molar-refractivity contribution is 0.660. The van der Waals surface area contributed by atoms with Gasteiger partial charge in [-0.05, 0) is 220 Å². The van der Waals surface area contributed by atoms with Crippen LogP contribution in [0.3, 0.4) is 0 Å². The van der Waals surface area contributed by atoms with Crippen molar-refractivity contribution in [1.82, 2.24) is 0 Å². The Morgan fingerprint density at radius 2 is 0.810 bits per heavy atom. The standard InChI is InChI=1S/C84H58/c1-83(2)74-45-59(51-20-18-49(19-21-51)50-22-26-53(27-23-50)64-38-32-58-31-30-55-11-7-12-56-33-43-71(64)81(58)78(55)56)34-39-66(74)68-41-36-61(47-76(68)83)62-37-42-69-67-40-35-60(46-75(67)84(3,4)77(69)48-62)52-24-28-57(29-25-52)80-65-15-6-5-10-63(65)44-73-70-16-8-13-54-14-9-17-72(79(54)70)82(73)80/h5-42,44-48,78H,43H2,1-4H3. The predicted molar refractivity (Wildman–Crippen MR) is 354 cm³/mol. The van der Waals surface area contributed by atoms with Crippen LogP contribution >= 0.6 is 0 Å². The van der Waals surface area contributed by atoms with Gasteiger partial charge in [-0.25, -0.2) is 0 Å². The summed E-state index contributed by atoms with van der Waals surface area (Å²) in [6, 6.07) is 86.0. The number of allylic oxidation sites excluding steroid dienone is 7. The molecule has 12 aromatic carbocycles. The highest BCUT2D eigenvalue weighted by atomic mass is 14.4. The van der Waals surface area contributed by atoms with Crippen molar-refractivity contribution in [2.45, 2.75) is 50.9 Å². The number of hydrogen-bond donors (Lipinski definition) is 0. The lowest BCUT2D eigenvalue weighted by Gasteiger charge is -2.34. The Labute approximate surface area is 491 Å². The number of fused-ring (bicyclic) bond motifs is 10. The summed E-state index contributed by atoms with van der Waals surface area (Å²) in [7, 11) is 0. The molecule has 12 aromatic rings. The summed E-state index contributed by atoms with van der Waals surface area (Å²) in [5.74, 6) is 0.362. The molecule has 1 unspecified atom stereocenters. The molecule has 0 aliphatic heterocycles. The lowest BCUT2D eigenvalue weighted by atomic mass is 9.70. The first-order chi connectivity index (χ1) is 41.1. The Balaban J connectivity index is 0.601. The second-order valence-corrected chi connectivity index (χ2v) is 25.4. The Hall–Kier alpha value is -9.88. The maximum atomic E-state index is 2.48. The van der Waals surface area contributed by atoms with Crippen molar-refractivity contribution in [2.75, 3.05) is 0 Å². The smallest absolute Gasteiger partial charge is 0.0345 e. The van der Waals surface area contributed by atoms with Crippen molar-refractivity contribution in [1.29, 1.82) is 0 Å². The van der Waals surface area contributed by atoms with Gasteiger partial charge in [-0.15, -0.1) is 0 Å². The zero-order valence-electron chi connectivity index (χ0n) is 47.6. The highest BCUT2D eigenvalue weighted by molar-refractivity contribution is 6.22. The Bertz CT molecular complexity index is 5040. The molecular formula is C84H58. The molecule has 0 aromatic heterocycles. The minimum Gasteiger partial charge on any atom is -0.0759 e. The van der Waals surface area contributed by atoms with E-state index in [0.717, 1.165) is 6.42 Å². The van der Waals surface area contributed by atoms with Crippen molar-refractivity contribution < 1.29 is 0 Å². The van der Waals surface area contributed by atoms with Gasteiger partial charge in [0.2, 0.25) is 0 Å². The fourth-order valence-electron chi connectivity index (χ4n) is 16.0. The van der Waals surface area contributed by atoms with Gasteiger partial charge in [0.1, 0.15) is 0 Å². The molecule has 6 aliphatic rings. The maximum absolute atomic E-state index is 2.48. The average Bonchev–Trinajstić information content (AvgIpc) is 1.74. The SMILES string of the molecule is CC1(C)c2cc(-c3ccc(-c4ccc(-c5ccc6c7c5CC=C5C=CC=C(C=C6)C57)cc4)cc3)ccc2-c2ccc(-c3ccc4c(c3)C(C)(C)c3cc(-c5ccc(-c6c7c(cc8ccccc68)-c6cccc8cccc-7c68)cc5)ccc3-4)cc21. The van der Waals surface area contributed by atoms with Gasteiger partial charge in [-0.1, -0.05) is 258 Å². The molecule has 394 valence electrons. The summed E-state index contributed by atoms with van der Waals surface area (Å²) in [6.07, 6.45) is 14.8. The Morgan fingerprint density at radius 3 is 1.39 bits per heavy atom. The van der Waals surface area contributed by atoms with Crippen LogP contribution in [0.2, 0.25) is 0 Å². The average molecular weight is 1070 g/mol. The van der Waals surface area contributed by atoms with Gasteiger partial charge in [0, 0.05) is 16.7 Å². The van der Waals surface area contributed by atoms with Crippen molar-refractivity contribution in [3.8, 4) is 111 Å². The number of rotatable bonds is 6. The van der Waals surface area contributed by atoms with Crippen molar-refractivity contribution >= 4 is 27.6 Å². The normalized spacial score (nSPS) is 16.2. The molecular weight excluding hydrogens is 1010 g/mol. The van der Waals surface area contributed by atoms with Crippen LogP contribution in [0, 0.1) is 0 Å². The molecule has 0 saturated heterocycles. The van der Waals surface area contributed by atoms with E-state index in [0.29, 0.717) is 5.92 Å². The second-order valence-electron chi connectivity index (χ2n) is 25.4. The molecule has 84 heavy (non-hydrogen) atoms. The Kier molecular flexibility index (Phi) is 9.85. The van der Waals surface area contributed by atoms with E-state index in [1.807, 2.05) is 0 Å². The monoisotopic (exact) mass is 1070 g/mol. The first kappa shape index (κ1) is 47.7. The number of benzene rings is 12. The van der Waals surface area contributed by atoms with Crippen LogP contribution in [0.1, 0.15) is 72.6 Å². The summed E-state index contributed by atoms with van der Waals surface area (Å²) in [4.78, 5) is 0. The minimum absolute atomic E-state index is 0.160. The van der Waals surface area contributed by atoms with Crippen LogP contribution in [-0.2, 0) is 17.3 Å². The third-order valence-corrected chi connectivity index (χ3v) is 20.4. The van der Waals surface area contributed by atoms with Gasteiger partial charge in [-0.3, -0.25) is 0 Å². The lowest BCUT2D eigenvalue weighted by Crippen LogP contribution is -2.18. The van der Waals surface area contributed by atoms with Gasteiger partial charge in [0.25, 0.3) is 0 Å². The van der Waals surface area contributed by atoms with Crippen molar-refractivity contribution in [3.63, 3.8) is 0 Å². The fourth-order valence-corrected chi connectivity index (χ4v) is 16.0. The summed E-state index contributed by atoms with van der Waals surface area (Å²) in [5, 5.41) is 5.23. The van der Waals surface area contributed by atoms with Crippen molar-refractivity contribution in [2.24, 2.45) is 0 Å². The molecule has 0 heterocycles. The summed E-state index contributed by atoms with van der Waals surface area (Å²) >= 11 is 0. The van der Waals surface area contributed by atoms with Crippen LogP contribution < -0.4 is 0 Å². The van der Waals surface area contributed by atoms with E-state index in [1.54, 1.807) is 0 Å². The van der Waals surface area contributed by atoms with Crippen LogP contribution in [0.4, 0.5) is 0 Å². The zero-order valence-corrected chi connectivity index (χ0v) is 47.6. The van der Waals surface area contributed by atoms with E-state index in [1.165, 1.54) is 183 Å². The summed E-state index contributed by atoms with van der Waals surface area (Å²) in [6.45, 7) is 9.64. The van der Waals surface area contributed by atoms with E-state index in [4.69, 9.17) is 0 Å². The van der Waals surface area contributed by atoms with Gasteiger partial charge >= 0.3 is 0 Å². The Morgan fingerprint density at radius 1 is 0.333 bits per heavy atom. The molecule has 0 spiro atoms. The first-order valence-corrected chi connectivity index (χ1v) is 30.0. The molecule has 0 nitrogen and oxygen atoms in total. The highest BCUT2D eigenvalue weighted by Gasteiger charge is 2.39. The topological polar surface area (TPSA) is 0 Å². The van der Waals surface area contributed by atoms with Gasteiger partial charge in [0.15, 0.2) is 0 Å². The summed E-state index contributed by atoms with van der Waals surface area (Å²) in [5.41, 5.74) is 38.3. The zero-order chi connectivity index (χ0) is 55.7. The quantitative estimate of drug-likeness (QED) is 0.156. The molecule has 0 saturated carbocycles. The highest BCUT2D eigenvalue weighted by Crippen LogP contribution is 2.56. The van der Waals surface area contributed by atoms with E-state index < -0.39 is 0 Å². The van der Waals surface area contributed by atoms with Crippen molar-refractivity contribution in [3.05, 3.63) is 305 Å². The third kappa shape index (κ3) is 6.77. The minimum atomic E-state index is -0.170. The molecule has 18 rings (SSSR count). The van der Waals surface area contributed by atoms with E-state index >= 15 is 0 Å². The molecule has 0 bridgehead atoms. The second kappa shape index (κ2) is 17.3. The van der Waals surface area contributed by atoms with Crippen LogP contribution in [0.5, 0.6) is 0 Å². The van der Waals surface area contributed by atoms with E-state index in [9.17, 15) is 0 Å².